The maximum atomic E-state index is 13.2. The average Bonchev–Trinajstić information content (AvgIpc) is 2.34. The molecule has 0 amide bonds. The van der Waals surface area contributed by atoms with Crippen molar-refractivity contribution in [2.45, 2.75) is 51.4 Å². The Morgan fingerprint density at radius 1 is 1.29 bits per heavy atom. The summed E-state index contributed by atoms with van der Waals surface area (Å²) in [4.78, 5) is 0. The van der Waals surface area contributed by atoms with Crippen LogP contribution in [0.4, 0.5) is 4.39 Å². The second-order valence-electron chi connectivity index (χ2n) is 4.94. The molecule has 1 heteroatoms. The summed E-state index contributed by atoms with van der Waals surface area (Å²) in [5, 5.41) is 0. The minimum Gasteiger partial charge on any atom is -0.207 e. The van der Waals surface area contributed by atoms with Gasteiger partial charge in [-0.15, -0.1) is 6.58 Å². The number of hydrogen-bond donors (Lipinski definition) is 0. The third-order valence-electron chi connectivity index (χ3n) is 3.48. The first-order chi connectivity index (χ1) is 8.12. The lowest BCUT2D eigenvalue weighted by Crippen LogP contribution is -2.18. The van der Waals surface area contributed by atoms with Crippen molar-refractivity contribution in [3.05, 3.63) is 48.3 Å². The van der Waals surface area contributed by atoms with Crippen LogP contribution >= 0.6 is 0 Å². The SMILES string of the molecule is C=C[C@](C)(CCCCCC)c1cccc(F)c1. The van der Waals surface area contributed by atoms with Gasteiger partial charge >= 0.3 is 0 Å². The van der Waals surface area contributed by atoms with E-state index in [2.05, 4.69) is 20.4 Å². The molecule has 1 atom stereocenters. The molecule has 0 unspecified atom stereocenters. The Balaban J connectivity index is 2.70. The van der Waals surface area contributed by atoms with Gasteiger partial charge in [0.1, 0.15) is 5.82 Å². The molecule has 0 aliphatic carbocycles. The first-order valence-electron chi connectivity index (χ1n) is 6.52. The first-order valence-corrected chi connectivity index (χ1v) is 6.52. The normalized spacial score (nSPS) is 14.3. The standard InChI is InChI=1S/C16H23F/c1-4-6-7-8-12-16(3,5-2)14-10-9-11-15(17)13-14/h5,9-11,13H,2,4,6-8,12H2,1,3H3/t16-/m1/s1. The maximum Gasteiger partial charge on any atom is 0.123 e. The summed E-state index contributed by atoms with van der Waals surface area (Å²) in [6.07, 6.45) is 7.93. The Morgan fingerprint density at radius 2 is 2.06 bits per heavy atom. The number of allylic oxidation sites excluding steroid dienone is 1. The summed E-state index contributed by atoms with van der Waals surface area (Å²) >= 11 is 0. The Morgan fingerprint density at radius 3 is 2.65 bits per heavy atom. The largest absolute Gasteiger partial charge is 0.207 e. The van der Waals surface area contributed by atoms with E-state index in [1.54, 1.807) is 12.1 Å². The van der Waals surface area contributed by atoms with Gasteiger partial charge in [0.05, 0.1) is 0 Å². The quantitative estimate of drug-likeness (QED) is 0.447. The van der Waals surface area contributed by atoms with Gasteiger partial charge in [0.25, 0.3) is 0 Å². The van der Waals surface area contributed by atoms with Gasteiger partial charge < -0.3 is 0 Å². The molecular weight excluding hydrogens is 211 g/mol. The number of rotatable bonds is 7. The zero-order valence-corrected chi connectivity index (χ0v) is 11.0. The summed E-state index contributed by atoms with van der Waals surface area (Å²) in [6, 6.07) is 6.88. The highest BCUT2D eigenvalue weighted by molar-refractivity contribution is 5.29. The highest BCUT2D eigenvalue weighted by Gasteiger charge is 2.22. The molecule has 1 aromatic rings. The van der Waals surface area contributed by atoms with E-state index in [-0.39, 0.29) is 11.2 Å². The minimum atomic E-state index is -0.163. The Hall–Kier alpha value is -1.11. The van der Waals surface area contributed by atoms with Crippen LogP contribution in [0.25, 0.3) is 0 Å². The number of hydrogen-bond acceptors (Lipinski definition) is 0. The molecule has 0 aliphatic rings. The minimum absolute atomic E-state index is 0.101. The molecule has 0 N–H and O–H groups in total. The molecule has 0 heterocycles. The Bertz CT molecular complexity index is 356. The lowest BCUT2D eigenvalue weighted by molar-refractivity contribution is 0.489. The molecule has 0 fully saturated rings. The molecule has 0 aromatic heterocycles. The van der Waals surface area contributed by atoms with Gasteiger partial charge in [0, 0.05) is 5.41 Å². The zero-order chi connectivity index (χ0) is 12.7. The Labute approximate surface area is 105 Å². The lowest BCUT2D eigenvalue weighted by atomic mass is 9.78. The van der Waals surface area contributed by atoms with Crippen molar-refractivity contribution in [1.29, 1.82) is 0 Å². The maximum absolute atomic E-state index is 13.2. The summed E-state index contributed by atoms with van der Waals surface area (Å²) in [5.74, 6) is -0.163. The third-order valence-corrected chi connectivity index (χ3v) is 3.48. The summed E-state index contributed by atoms with van der Waals surface area (Å²) in [6.45, 7) is 8.26. The smallest absolute Gasteiger partial charge is 0.123 e. The molecule has 0 bridgehead atoms. The molecule has 1 rings (SSSR count). The summed E-state index contributed by atoms with van der Waals surface area (Å²) < 4.78 is 13.2. The molecule has 0 aliphatic heterocycles. The van der Waals surface area contributed by atoms with Gasteiger partial charge in [-0.25, -0.2) is 4.39 Å². The van der Waals surface area contributed by atoms with Gasteiger partial charge in [-0.05, 0) is 24.1 Å². The van der Waals surface area contributed by atoms with E-state index in [4.69, 9.17) is 0 Å². The Kier molecular flexibility index (Phi) is 5.40. The zero-order valence-electron chi connectivity index (χ0n) is 11.0. The highest BCUT2D eigenvalue weighted by atomic mass is 19.1. The van der Waals surface area contributed by atoms with Crippen LogP contribution in [0.3, 0.4) is 0 Å². The number of benzene rings is 1. The van der Waals surface area contributed by atoms with Crippen molar-refractivity contribution < 1.29 is 4.39 Å². The van der Waals surface area contributed by atoms with Crippen LogP contribution in [-0.4, -0.2) is 0 Å². The molecule has 1 aromatic carbocycles. The predicted molar refractivity (Wildman–Crippen MR) is 72.7 cm³/mol. The molecule has 94 valence electrons. The van der Waals surface area contributed by atoms with Crippen molar-refractivity contribution in [3.8, 4) is 0 Å². The number of halogens is 1. The molecule has 0 saturated heterocycles. The molecule has 0 radical (unpaired) electrons. The van der Waals surface area contributed by atoms with Crippen molar-refractivity contribution in [2.75, 3.05) is 0 Å². The van der Waals surface area contributed by atoms with Gasteiger partial charge in [-0.1, -0.05) is 57.7 Å². The van der Waals surface area contributed by atoms with Crippen molar-refractivity contribution in [1.82, 2.24) is 0 Å². The van der Waals surface area contributed by atoms with Crippen LogP contribution in [0.2, 0.25) is 0 Å². The van der Waals surface area contributed by atoms with Crippen molar-refractivity contribution >= 4 is 0 Å². The van der Waals surface area contributed by atoms with Crippen molar-refractivity contribution in [3.63, 3.8) is 0 Å². The number of unbranched alkanes of at least 4 members (excludes halogenated alkanes) is 3. The van der Waals surface area contributed by atoms with E-state index >= 15 is 0 Å². The van der Waals surface area contributed by atoms with E-state index in [0.29, 0.717) is 0 Å². The van der Waals surface area contributed by atoms with Crippen LogP contribution in [-0.2, 0) is 5.41 Å². The average molecular weight is 234 g/mol. The first kappa shape index (κ1) is 14.0. The summed E-state index contributed by atoms with van der Waals surface area (Å²) in [7, 11) is 0. The van der Waals surface area contributed by atoms with Crippen molar-refractivity contribution in [2.24, 2.45) is 0 Å². The van der Waals surface area contributed by atoms with Gasteiger partial charge in [0.15, 0.2) is 0 Å². The van der Waals surface area contributed by atoms with Crippen LogP contribution in [0.1, 0.15) is 51.5 Å². The van der Waals surface area contributed by atoms with Gasteiger partial charge in [-0.3, -0.25) is 0 Å². The topological polar surface area (TPSA) is 0 Å². The molecule has 0 spiro atoms. The lowest BCUT2D eigenvalue weighted by Gasteiger charge is -2.26. The van der Waals surface area contributed by atoms with E-state index < -0.39 is 0 Å². The van der Waals surface area contributed by atoms with Crippen LogP contribution in [0.5, 0.6) is 0 Å². The molecule has 0 nitrogen and oxygen atoms in total. The monoisotopic (exact) mass is 234 g/mol. The van der Waals surface area contributed by atoms with E-state index in [0.717, 1.165) is 12.0 Å². The second kappa shape index (κ2) is 6.58. The van der Waals surface area contributed by atoms with E-state index in [1.807, 2.05) is 12.1 Å². The van der Waals surface area contributed by atoms with Crippen LogP contribution in [0.15, 0.2) is 36.9 Å². The fourth-order valence-corrected chi connectivity index (χ4v) is 2.13. The van der Waals surface area contributed by atoms with E-state index in [1.165, 1.54) is 31.7 Å². The van der Waals surface area contributed by atoms with Gasteiger partial charge in [-0.2, -0.15) is 0 Å². The van der Waals surface area contributed by atoms with Crippen LogP contribution < -0.4 is 0 Å². The molecule has 0 saturated carbocycles. The van der Waals surface area contributed by atoms with E-state index in [9.17, 15) is 4.39 Å². The highest BCUT2D eigenvalue weighted by Crippen LogP contribution is 2.31. The van der Waals surface area contributed by atoms with Crippen LogP contribution in [0, 0.1) is 5.82 Å². The second-order valence-corrected chi connectivity index (χ2v) is 4.94. The molecule has 17 heavy (non-hydrogen) atoms. The van der Waals surface area contributed by atoms with Gasteiger partial charge in [0.2, 0.25) is 0 Å². The predicted octanol–water partition coefficient (Wildman–Crippen LogP) is 5.24. The fourth-order valence-electron chi connectivity index (χ4n) is 2.13. The summed E-state index contributed by atoms with van der Waals surface area (Å²) in [5.41, 5.74) is 0.930. The fraction of sp³-hybridized carbons (Fsp3) is 0.500. The third kappa shape index (κ3) is 3.99. The molecular formula is C16H23F.